The summed E-state index contributed by atoms with van der Waals surface area (Å²) >= 11 is 0. The van der Waals surface area contributed by atoms with Crippen LogP contribution >= 0.6 is 0 Å². The molecule has 0 aliphatic carbocycles. The lowest BCUT2D eigenvalue weighted by atomic mass is 10.1. The summed E-state index contributed by atoms with van der Waals surface area (Å²) in [5, 5.41) is 6.57. The van der Waals surface area contributed by atoms with Gasteiger partial charge in [-0.15, -0.1) is 0 Å². The minimum absolute atomic E-state index is 0.0539. The molecule has 0 radical (unpaired) electrons. The molecule has 0 bridgehead atoms. The zero-order chi connectivity index (χ0) is 15.9. The minimum atomic E-state index is -0.180. The molecule has 1 rings (SSSR count). The van der Waals surface area contributed by atoms with Crippen LogP contribution in [0.5, 0.6) is 0 Å². The van der Waals surface area contributed by atoms with Crippen LogP contribution in [0.1, 0.15) is 65.5 Å². The predicted octanol–water partition coefficient (Wildman–Crippen LogP) is 3.24. The Hall–Kier alpha value is -1.29. The van der Waals surface area contributed by atoms with Crippen LogP contribution in [0, 0.1) is 0 Å². The Labute approximate surface area is 129 Å². The van der Waals surface area contributed by atoms with Crippen LogP contribution in [0.2, 0.25) is 0 Å². The molecule has 0 saturated heterocycles. The third-order valence-electron chi connectivity index (χ3n) is 3.23. The Morgan fingerprint density at radius 2 is 2.00 bits per heavy atom. The first-order chi connectivity index (χ1) is 9.85. The maximum Gasteiger partial charge on any atom is 0.240 e. The highest BCUT2D eigenvalue weighted by atomic mass is 16.2. The molecule has 21 heavy (non-hydrogen) atoms. The molecule has 0 aromatic carbocycles. The van der Waals surface area contributed by atoms with E-state index in [2.05, 4.69) is 36.7 Å². The highest BCUT2D eigenvalue weighted by molar-refractivity contribution is 5.76. The van der Waals surface area contributed by atoms with Gasteiger partial charge in [0.05, 0.1) is 0 Å². The zero-order valence-corrected chi connectivity index (χ0v) is 14.2. The van der Waals surface area contributed by atoms with Gasteiger partial charge in [0, 0.05) is 24.0 Å². The Kier molecular flexibility index (Phi) is 6.96. The van der Waals surface area contributed by atoms with E-state index in [1.165, 1.54) is 5.56 Å². The maximum absolute atomic E-state index is 12.0. The molecule has 4 heteroatoms. The predicted molar refractivity (Wildman–Crippen MR) is 88.3 cm³/mol. The second-order valence-electron chi connectivity index (χ2n) is 6.71. The fourth-order valence-corrected chi connectivity index (χ4v) is 2.38. The summed E-state index contributed by atoms with van der Waals surface area (Å²) in [6.07, 6.45) is 7.49. The molecule has 1 aromatic heterocycles. The van der Waals surface area contributed by atoms with Gasteiger partial charge in [0.2, 0.25) is 5.91 Å². The molecule has 1 amide bonds. The van der Waals surface area contributed by atoms with E-state index in [0.29, 0.717) is 12.6 Å². The average molecular weight is 293 g/mol. The van der Waals surface area contributed by atoms with Crippen molar-refractivity contribution in [2.75, 3.05) is 6.54 Å². The Morgan fingerprint density at radius 1 is 1.29 bits per heavy atom. The van der Waals surface area contributed by atoms with E-state index in [9.17, 15) is 4.79 Å². The van der Waals surface area contributed by atoms with E-state index in [-0.39, 0.29) is 11.4 Å². The number of hydrogen-bond acceptors (Lipinski definition) is 2. The highest BCUT2D eigenvalue weighted by Crippen LogP contribution is 2.19. The molecular formula is C17H31N3O. The van der Waals surface area contributed by atoms with E-state index in [4.69, 9.17) is 0 Å². The standard InChI is InChI=1S/C17H31N3O/c1-6-8-15(18-10-7-2)14-9-11-20(12-14)13-16(21)19-17(3,4)5/h9,11-12,15,18H,6-8,10,13H2,1-5H3,(H,19,21). The topological polar surface area (TPSA) is 46.1 Å². The maximum atomic E-state index is 12.0. The van der Waals surface area contributed by atoms with Gasteiger partial charge < -0.3 is 15.2 Å². The zero-order valence-electron chi connectivity index (χ0n) is 14.2. The van der Waals surface area contributed by atoms with Gasteiger partial charge in [-0.05, 0) is 51.8 Å². The van der Waals surface area contributed by atoms with Crippen molar-refractivity contribution in [3.63, 3.8) is 0 Å². The summed E-state index contributed by atoms with van der Waals surface area (Å²) in [4.78, 5) is 12.0. The number of hydrogen-bond donors (Lipinski definition) is 2. The third-order valence-corrected chi connectivity index (χ3v) is 3.23. The highest BCUT2D eigenvalue weighted by Gasteiger charge is 2.15. The van der Waals surface area contributed by atoms with Crippen molar-refractivity contribution in [3.8, 4) is 0 Å². The third kappa shape index (κ3) is 6.80. The summed E-state index contributed by atoms with van der Waals surface area (Å²) in [6.45, 7) is 11.8. The second-order valence-corrected chi connectivity index (χ2v) is 6.71. The van der Waals surface area contributed by atoms with Gasteiger partial charge in [-0.1, -0.05) is 20.3 Å². The SMILES string of the molecule is CCCNC(CCC)c1ccn(CC(=O)NC(C)(C)C)c1. The van der Waals surface area contributed by atoms with Gasteiger partial charge >= 0.3 is 0 Å². The lowest BCUT2D eigenvalue weighted by Crippen LogP contribution is -2.42. The molecular weight excluding hydrogens is 262 g/mol. The van der Waals surface area contributed by atoms with E-state index >= 15 is 0 Å². The average Bonchev–Trinajstić information content (AvgIpc) is 2.80. The number of aromatic nitrogens is 1. The molecule has 0 saturated carbocycles. The van der Waals surface area contributed by atoms with Gasteiger partial charge in [0.25, 0.3) is 0 Å². The summed E-state index contributed by atoms with van der Waals surface area (Å²) in [5.41, 5.74) is 1.09. The van der Waals surface area contributed by atoms with Crippen LogP contribution in [-0.4, -0.2) is 22.6 Å². The summed E-state index contributed by atoms with van der Waals surface area (Å²) in [7, 11) is 0. The van der Waals surface area contributed by atoms with Crippen molar-refractivity contribution < 1.29 is 4.79 Å². The molecule has 1 unspecified atom stereocenters. The Morgan fingerprint density at radius 3 is 2.57 bits per heavy atom. The summed E-state index contributed by atoms with van der Waals surface area (Å²) < 4.78 is 1.96. The van der Waals surface area contributed by atoms with Crippen LogP contribution < -0.4 is 10.6 Å². The number of rotatable bonds is 8. The molecule has 1 aromatic rings. The van der Waals surface area contributed by atoms with Crippen molar-refractivity contribution in [1.29, 1.82) is 0 Å². The fraction of sp³-hybridized carbons (Fsp3) is 0.706. The van der Waals surface area contributed by atoms with Crippen LogP contribution in [-0.2, 0) is 11.3 Å². The van der Waals surface area contributed by atoms with Crippen LogP contribution in [0.15, 0.2) is 18.5 Å². The Bertz CT molecular complexity index is 431. The van der Waals surface area contributed by atoms with Gasteiger partial charge in [0.1, 0.15) is 6.54 Å². The first-order valence-corrected chi connectivity index (χ1v) is 8.05. The van der Waals surface area contributed by atoms with Gasteiger partial charge in [-0.2, -0.15) is 0 Å². The van der Waals surface area contributed by atoms with E-state index in [0.717, 1.165) is 25.8 Å². The molecule has 1 heterocycles. The first-order valence-electron chi connectivity index (χ1n) is 8.05. The lowest BCUT2D eigenvalue weighted by molar-refractivity contribution is -0.123. The van der Waals surface area contributed by atoms with Crippen LogP contribution in [0.3, 0.4) is 0 Å². The van der Waals surface area contributed by atoms with Crippen molar-refractivity contribution in [2.24, 2.45) is 0 Å². The molecule has 1 atom stereocenters. The van der Waals surface area contributed by atoms with Crippen molar-refractivity contribution in [3.05, 3.63) is 24.0 Å². The monoisotopic (exact) mass is 293 g/mol. The number of nitrogens with zero attached hydrogens (tertiary/aromatic N) is 1. The van der Waals surface area contributed by atoms with Gasteiger partial charge in [-0.25, -0.2) is 0 Å². The van der Waals surface area contributed by atoms with Crippen LogP contribution in [0.25, 0.3) is 0 Å². The van der Waals surface area contributed by atoms with Crippen molar-refractivity contribution in [2.45, 2.75) is 72.0 Å². The number of carbonyl (C=O) groups excluding carboxylic acids is 1. The molecule has 120 valence electrons. The molecule has 0 fully saturated rings. The van der Waals surface area contributed by atoms with E-state index < -0.39 is 0 Å². The van der Waals surface area contributed by atoms with Crippen molar-refractivity contribution in [1.82, 2.24) is 15.2 Å². The van der Waals surface area contributed by atoms with Gasteiger partial charge in [-0.3, -0.25) is 4.79 Å². The molecule has 2 N–H and O–H groups in total. The summed E-state index contributed by atoms with van der Waals surface area (Å²) in [6, 6.07) is 2.51. The second kappa shape index (κ2) is 8.23. The lowest BCUT2D eigenvalue weighted by Gasteiger charge is -2.20. The van der Waals surface area contributed by atoms with E-state index in [1.54, 1.807) is 0 Å². The summed E-state index contributed by atoms with van der Waals surface area (Å²) in [5.74, 6) is 0.0539. The number of nitrogens with one attached hydrogen (secondary N) is 2. The first kappa shape index (κ1) is 17.8. The molecule has 0 aliphatic heterocycles. The number of amides is 1. The molecule has 0 spiro atoms. The number of carbonyl (C=O) groups is 1. The van der Waals surface area contributed by atoms with Crippen LogP contribution in [0.4, 0.5) is 0 Å². The quantitative estimate of drug-likeness (QED) is 0.773. The normalized spacial score (nSPS) is 13.2. The fourth-order valence-electron chi connectivity index (χ4n) is 2.38. The van der Waals surface area contributed by atoms with Gasteiger partial charge in [0.15, 0.2) is 0 Å². The minimum Gasteiger partial charge on any atom is -0.350 e. The Balaban J connectivity index is 2.63. The van der Waals surface area contributed by atoms with Crippen molar-refractivity contribution >= 4 is 5.91 Å². The molecule has 0 aliphatic rings. The largest absolute Gasteiger partial charge is 0.350 e. The molecule has 4 nitrogen and oxygen atoms in total. The smallest absolute Gasteiger partial charge is 0.240 e. The van der Waals surface area contributed by atoms with E-state index in [1.807, 2.05) is 31.5 Å².